The van der Waals surface area contributed by atoms with Crippen LogP contribution in [0.5, 0.6) is 0 Å². The molecular formula is C13H14N2O. The van der Waals surface area contributed by atoms with Gasteiger partial charge in [0.1, 0.15) is 0 Å². The number of benzene rings is 1. The molecule has 0 aliphatic heterocycles. The number of carbonyl (C=O) groups is 1. The van der Waals surface area contributed by atoms with Crippen LogP contribution in [0.15, 0.2) is 42.6 Å². The summed E-state index contributed by atoms with van der Waals surface area (Å²) in [4.78, 5) is 13.9. The lowest BCUT2D eigenvalue weighted by atomic mass is 10.0. The van der Waals surface area contributed by atoms with E-state index in [1.807, 2.05) is 30.5 Å². The third-order valence-electron chi connectivity index (χ3n) is 2.52. The van der Waals surface area contributed by atoms with Gasteiger partial charge in [0.2, 0.25) is 5.91 Å². The van der Waals surface area contributed by atoms with Crippen molar-refractivity contribution in [1.82, 2.24) is 4.98 Å². The normalized spacial score (nSPS) is 10.2. The van der Waals surface area contributed by atoms with Crippen LogP contribution >= 0.6 is 0 Å². The van der Waals surface area contributed by atoms with Crippen molar-refractivity contribution in [1.29, 1.82) is 0 Å². The lowest BCUT2D eigenvalue weighted by molar-refractivity contribution is -0.117. The minimum atomic E-state index is -0.309. The summed E-state index contributed by atoms with van der Waals surface area (Å²) in [5.74, 6) is -0.309. The molecule has 0 radical (unpaired) electrons. The Bertz CT molecular complexity index is 474. The van der Waals surface area contributed by atoms with Crippen LogP contribution in [-0.4, -0.2) is 10.9 Å². The van der Waals surface area contributed by atoms with E-state index in [4.69, 9.17) is 5.73 Å². The van der Waals surface area contributed by atoms with Gasteiger partial charge in [-0.1, -0.05) is 30.3 Å². The molecule has 1 aromatic carbocycles. The number of aromatic nitrogens is 1. The Labute approximate surface area is 94.3 Å². The van der Waals surface area contributed by atoms with Crippen LogP contribution in [0.25, 0.3) is 0 Å². The predicted molar refractivity (Wildman–Crippen MR) is 62.9 cm³/mol. The minimum absolute atomic E-state index is 0.273. The molecule has 0 aliphatic rings. The van der Waals surface area contributed by atoms with Crippen LogP contribution in [0.4, 0.5) is 0 Å². The largest absolute Gasteiger partial charge is 0.369 e. The van der Waals surface area contributed by atoms with E-state index in [0.717, 1.165) is 17.7 Å². The van der Waals surface area contributed by atoms with Crippen LogP contribution in [0.3, 0.4) is 0 Å². The summed E-state index contributed by atoms with van der Waals surface area (Å²) >= 11 is 0. The van der Waals surface area contributed by atoms with Crippen molar-refractivity contribution < 1.29 is 4.79 Å². The van der Waals surface area contributed by atoms with E-state index in [-0.39, 0.29) is 12.3 Å². The molecule has 16 heavy (non-hydrogen) atoms. The Morgan fingerprint density at radius 1 is 1.19 bits per heavy atom. The first-order valence-electron chi connectivity index (χ1n) is 5.23. The maximum atomic E-state index is 10.9. The van der Waals surface area contributed by atoms with Gasteiger partial charge >= 0.3 is 0 Å². The first-order valence-corrected chi connectivity index (χ1v) is 5.23. The maximum Gasteiger partial charge on any atom is 0.223 e. The highest BCUT2D eigenvalue weighted by atomic mass is 16.1. The van der Waals surface area contributed by atoms with Gasteiger partial charge in [0.25, 0.3) is 0 Å². The van der Waals surface area contributed by atoms with Crippen molar-refractivity contribution in [3.63, 3.8) is 0 Å². The summed E-state index contributed by atoms with van der Waals surface area (Å²) in [5.41, 5.74) is 8.46. The van der Waals surface area contributed by atoms with Gasteiger partial charge in [-0.25, -0.2) is 0 Å². The van der Waals surface area contributed by atoms with Crippen molar-refractivity contribution in [3.05, 3.63) is 59.4 Å². The third kappa shape index (κ3) is 2.51. The number of nitrogens with two attached hydrogens (primary N) is 1. The summed E-state index contributed by atoms with van der Waals surface area (Å²) < 4.78 is 0. The lowest BCUT2D eigenvalue weighted by Gasteiger charge is -2.02. The molecule has 0 aliphatic carbocycles. The van der Waals surface area contributed by atoms with E-state index >= 15 is 0 Å². The highest BCUT2D eigenvalue weighted by Gasteiger charge is 2.06. The SMILES string of the molecule is NC(=O)Cc1[nH]ccc1Cc1ccccc1. The fourth-order valence-corrected chi connectivity index (χ4v) is 1.76. The van der Waals surface area contributed by atoms with E-state index < -0.39 is 0 Å². The smallest absolute Gasteiger partial charge is 0.223 e. The number of H-pyrrole nitrogens is 1. The van der Waals surface area contributed by atoms with Gasteiger partial charge in [-0.05, 0) is 23.6 Å². The topological polar surface area (TPSA) is 58.9 Å². The summed E-state index contributed by atoms with van der Waals surface area (Å²) in [7, 11) is 0. The van der Waals surface area contributed by atoms with Crippen molar-refractivity contribution >= 4 is 5.91 Å². The van der Waals surface area contributed by atoms with E-state index in [1.165, 1.54) is 5.56 Å². The van der Waals surface area contributed by atoms with Crippen molar-refractivity contribution in [2.75, 3.05) is 0 Å². The Balaban J connectivity index is 2.16. The molecule has 2 aromatic rings. The molecule has 0 unspecified atom stereocenters. The van der Waals surface area contributed by atoms with Crippen molar-refractivity contribution in [3.8, 4) is 0 Å². The number of hydrogen-bond acceptors (Lipinski definition) is 1. The average molecular weight is 214 g/mol. The molecular weight excluding hydrogens is 200 g/mol. The summed E-state index contributed by atoms with van der Waals surface area (Å²) in [6.45, 7) is 0. The molecule has 0 bridgehead atoms. The molecule has 0 saturated heterocycles. The number of rotatable bonds is 4. The molecule has 0 atom stereocenters. The molecule has 1 heterocycles. The quantitative estimate of drug-likeness (QED) is 0.798. The molecule has 3 nitrogen and oxygen atoms in total. The lowest BCUT2D eigenvalue weighted by Crippen LogP contribution is -2.14. The van der Waals surface area contributed by atoms with Gasteiger partial charge < -0.3 is 10.7 Å². The summed E-state index contributed by atoms with van der Waals surface area (Å²) in [6, 6.07) is 12.1. The summed E-state index contributed by atoms with van der Waals surface area (Å²) in [6.07, 6.45) is 2.94. The van der Waals surface area contributed by atoms with E-state index in [0.29, 0.717) is 0 Å². The molecule has 0 fully saturated rings. The van der Waals surface area contributed by atoms with E-state index in [1.54, 1.807) is 0 Å². The van der Waals surface area contributed by atoms with Gasteiger partial charge in [-0.2, -0.15) is 0 Å². The van der Waals surface area contributed by atoms with E-state index in [9.17, 15) is 4.79 Å². The molecule has 1 aromatic heterocycles. The number of aromatic amines is 1. The van der Waals surface area contributed by atoms with E-state index in [2.05, 4.69) is 17.1 Å². The number of primary amides is 1. The molecule has 0 spiro atoms. The maximum absolute atomic E-state index is 10.9. The number of nitrogens with one attached hydrogen (secondary N) is 1. The monoisotopic (exact) mass is 214 g/mol. The minimum Gasteiger partial charge on any atom is -0.369 e. The summed E-state index contributed by atoms with van der Waals surface area (Å²) in [5, 5.41) is 0. The molecule has 2 rings (SSSR count). The first kappa shape index (κ1) is 10.5. The highest BCUT2D eigenvalue weighted by Crippen LogP contribution is 2.13. The third-order valence-corrected chi connectivity index (χ3v) is 2.52. The fraction of sp³-hybridized carbons (Fsp3) is 0.154. The Hall–Kier alpha value is -2.03. The molecule has 0 saturated carbocycles. The first-order chi connectivity index (χ1) is 7.75. The van der Waals surface area contributed by atoms with Crippen molar-refractivity contribution in [2.24, 2.45) is 5.73 Å². The predicted octanol–water partition coefficient (Wildman–Crippen LogP) is 1.63. The molecule has 82 valence electrons. The van der Waals surface area contributed by atoms with Crippen molar-refractivity contribution in [2.45, 2.75) is 12.8 Å². The van der Waals surface area contributed by atoms with Gasteiger partial charge in [0, 0.05) is 11.9 Å². The number of amides is 1. The van der Waals surface area contributed by atoms with Gasteiger partial charge in [-0.15, -0.1) is 0 Å². The van der Waals surface area contributed by atoms with Gasteiger partial charge in [-0.3, -0.25) is 4.79 Å². The zero-order valence-electron chi connectivity index (χ0n) is 8.94. The second-order valence-electron chi connectivity index (χ2n) is 3.79. The van der Waals surface area contributed by atoms with Crippen LogP contribution in [-0.2, 0) is 17.6 Å². The number of carbonyl (C=O) groups excluding carboxylic acids is 1. The second-order valence-corrected chi connectivity index (χ2v) is 3.79. The highest BCUT2D eigenvalue weighted by molar-refractivity contribution is 5.76. The van der Waals surface area contributed by atoms with Crippen LogP contribution in [0.2, 0.25) is 0 Å². The molecule has 3 heteroatoms. The Kier molecular flexibility index (Phi) is 3.05. The Morgan fingerprint density at radius 3 is 2.62 bits per heavy atom. The van der Waals surface area contributed by atoms with Crippen LogP contribution in [0, 0.1) is 0 Å². The zero-order chi connectivity index (χ0) is 11.4. The average Bonchev–Trinajstić information content (AvgIpc) is 2.66. The second kappa shape index (κ2) is 4.66. The van der Waals surface area contributed by atoms with Gasteiger partial charge in [0.05, 0.1) is 6.42 Å². The molecule has 1 amide bonds. The number of hydrogen-bond donors (Lipinski definition) is 2. The standard InChI is InChI=1S/C13H14N2O/c14-13(16)9-12-11(6-7-15-12)8-10-4-2-1-3-5-10/h1-7,15H,8-9H2,(H2,14,16). The van der Waals surface area contributed by atoms with Gasteiger partial charge in [0.15, 0.2) is 0 Å². The van der Waals surface area contributed by atoms with Crippen LogP contribution < -0.4 is 5.73 Å². The molecule has 3 N–H and O–H groups in total. The fourth-order valence-electron chi connectivity index (χ4n) is 1.76. The Morgan fingerprint density at radius 2 is 1.94 bits per heavy atom. The zero-order valence-corrected chi connectivity index (χ0v) is 8.94. The van der Waals surface area contributed by atoms with Crippen LogP contribution in [0.1, 0.15) is 16.8 Å².